The maximum absolute atomic E-state index is 13.6. The van der Waals surface area contributed by atoms with Crippen molar-refractivity contribution in [3.8, 4) is 11.1 Å². The van der Waals surface area contributed by atoms with Crippen LogP contribution in [-0.2, 0) is 10.2 Å². The van der Waals surface area contributed by atoms with E-state index in [9.17, 15) is 27.6 Å². The number of unbranched alkanes of at least 4 members (excludes halogenated alkanes) is 1. The van der Waals surface area contributed by atoms with E-state index < -0.39 is 24.0 Å². The van der Waals surface area contributed by atoms with Crippen molar-refractivity contribution in [2.75, 3.05) is 26.2 Å². The lowest BCUT2D eigenvalue weighted by Gasteiger charge is -2.33. The zero-order valence-electron chi connectivity index (χ0n) is 23.4. The Kier molecular flexibility index (Phi) is 8.84. The number of fused-ring (bicyclic) bond motifs is 3. The molecule has 2 N–H and O–H groups in total. The van der Waals surface area contributed by atoms with Gasteiger partial charge in [-0.3, -0.25) is 14.4 Å². The molecule has 3 aromatic rings. The van der Waals surface area contributed by atoms with Gasteiger partial charge in [0, 0.05) is 19.1 Å². The lowest BCUT2D eigenvalue weighted by atomic mass is 9.73. The number of rotatable bonds is 10. The van der Waals surface area contributed by atoms with E-state index in [2.05, 4.69) is 15.5 Å². The first-order chi connectivity index (χ1) is 20.1. The lowest BCUT2D eigenvalue weighted by Crippen LogP contribution is -2.47. The number of nitrogens with one attached hydrogen (secondary N) is 2. The van der Waals surface area contributed by atoms with E-state index in [4.69, 9.17) is 0 Å². The Morgan fingerprint density at radius 3 is 2.17 bits per heavy atom. The number of alkyl halides is 3. The SMILES string of the molecule is CC(=O)c1sccc1C(=O)NC1CCN(CCCCC2(C(=O)NCC(F)(F)F)c3ccccc3-c3ccccc32)CC1. The molecule has 5 rings (SSSR count). The van der Waals surface area contributed by atoms with Crippen LogP contribution in [0.3, 0.4) is 0 Å². The maximum Gasteiger partial charge on any atom is 0.405 e. The number of thiophene rings is 1. The van der Waals surface area contributed by atoms with Gasteiger partial charge in [-0.1, -0.05) is 55.0 Å². The monoisotopic (exact) mass is 597 g/mol. The number of Topliss-reactive ketones (excluding diaryl/α,β-unsaturated/α-hetero) is 1. The summed E-state index contributed by atoms with van der Waals surface area (Å²) < 4.78 is 39.3. The summed E-state index contributed by atoms with van der Waals surface area (Å²) in [6.07, 6.45) is -1.08. The highest BCUT2D eigenvalue weighted by atomic mass is 32.1. The van der Waals surface area contributed by atoms with Gasteiger partial charge in [-0.15, -0.1) is 11.3 Å². The van der Waals surface area contributed by atoms with Gasteiger partial charge in [-0.2, -0.15) is 13.2 Å². The molecule has 6 nitrogen and oxygen atoms in total. The molecule has 42 heavy (non-hydrogen) atoms. The van der Waals surface area contributed by atoms with Crippen molar-refractivity contribution in [3.63, 3.8) is 0 Å². The number of hydrogen-bond donors (Lipinski definition) is 2. The number of carbonyl (C=O) groups excluding carboxylic acids is 3. The largest absolute Gasteiger partial charge is 0.405 e. The Hall–Kier alpha value is -3.50. The Labute approximate surface area is 247 Å². The fourth-order valence-corrected chi connectivity index (χ4v) is 7.13. The molecule has 0 atom stereocenters. The minimum atomic E-state index is -4.50. The molecule has 0 radical (unpaired) electrons. The molecule has 1 aromatic heterocycles. The average Bonchev–Trinajstić information content (AvgIpc) is 3.58. The molecule has 0 spiro atoms. The van der Waals surface area contributed by atoms with Crippen LogP contribution < -0.4 is 10.6 Å². The number of piperidine rings is 1. The summed E-state index contributed by atoms with van der Waals surface area (Å²) in [6.45, 7) is 2.49. The van der Waals surface area contributed by atoms with Crippen molar-refractivity contribution in [2.24, 2.45) is 0 Å². The summed E-state index contributed by atoms with van der Waals surface area (Å²) in [4.78, 5) is 40.9. The second-order valence-electron chi connectivity index (χ2n) is 11.1. The number of amides is 2. The van der Waals surface area contributed by atoms with Crippen LogP contribution in [0.15, 0.2) is 60.0 Å². The highest BCUT2D eigenvalue weighted by Gasteiger charge is 2.49. The summed E-state index contributed by atoms with van der Waals surface area (Å²) in [5, 5.41) is 7.01. The number of nitrogens with zero attached hydrogens (tertiary/aromatic N) is 1. The van der Waals surface area contributed by atoms with Gasteiger partial charge in [0.05, 0.1) is 10.4 Å². The minimum absolute atomic E-state index is 0.0283. The first-order valence-corrected chi connectivity index (χ1v) is 15.1. The van der Waals surface area contributed by atoms with Crippen LogP contribution >= 0.6 is 11.3 Å². The molecule has 2 aliphatic rings. The van der Waals surface area contributed by atoms with Crippen LogP contribution in [0.1, 0.15) is 70.2 Å². The van der Waals surface area contributed by atoms with Gasteiger partial charge in [0.1, 0.15) is 12.0 Å². The average molecular weight is 598 g/mol. The van der Waals surface area contributed by atoms with Gasteiger partial charge in [-0.25, -0.2) is 0 Å². The van der Waals surface area contributed by atoms with E-state index in [1.165, 1.54) is 18.3 Å². The molecular weight excluding hydrogens is 563 g/mol. The Balaban J connectivity index is 1.20. The quantitative estimate of drug-likeness (QED) is 0.223. The zero-order chi connectivity index (χ0) is 29.9. The van der Waals surface area contributed by atoms with Crippen molar-refractivity contribution < 1.29 is 27.6 Å². The summed E-state index contributed by atoms with van der Waals surface area (Å²) in [5.41, 5.74) is 2.52. The fraction of sp³-hybridized carbons (Fsp3) is 0.406. The molecule has 2 heterocycles. The van der Waals surface area contributed by atoms with Crippen molar-refractivity contribution in [2.45, 2.75) is 56.7 Å². The molecule has 1 aliphatic carbocycles. The van der Waals surface area contributed by atoms with E-state index in [1.54, 1.807) is 11.4 Å². The highest BCUT2D eigenvalue weighted by Crippen LogP contribution is 2.51. The predicted octanol–water partition coefficient (Wildman–Crippen LogP) is 5.96. The number of halogens is 3. The number of benzene rings is 2. The molecule has 0 bridgehead atoms. The Morgan fingerprint density at radius 1 is 0.952 bits per heavy atom. The summed E-state index contributed by atoms with van der Waals surface area (Å²) >= 11 is 1.27. The molecule has 1 fully saturated rings. The third-order valence-electron chi connectivity index (χ3n) is 8.33. The minimum Gasteiger partial charge on any atom is -0.349 e. The van der Waals surface area contributed by atoms with Crippen molar-refractivity contribution in [3.05, 3.63) is 81.5 Å². The predicted molar refractivity (Wildman–Crippen MR) is 157 cm³/mol. The normalized spacial score (nSPS) is 16.5. The maximum atomic E-state index is 13.6. The van der Waals surface area contributed by atoms with E-state index in [1.807, 2.05) is 48.5 Å². The fourth-order valence-electron chi connectivity index (χ4n) is 6.33. The van der Waals surface area contributed by atoms with Crippen LogP contribution in [0.5, 0.6) is 0 Å². The summed E-state index contributed by atoms with van der Waals surface area (Å²) in [7, 11) is 0. The van der Waals surface area contributed by atoms with Gasteiger partial charge in [0.25, 0.3) is 5.91 Å². The molecule has 2 amide bonds. The number of hydrogen-bond acceptors (Lipinski definition) is 5. The molecule has 0 saturated carbocycles. The van der Waals surface area contributed by atoms with Crippen LogP contribution in [0.2, 0.25) is 0 Å². The van der Waals surface area contributed by atoms with Gasteiger partial charge in [0.2, 0.25) is 5.91 Å². The smallest absolute Gasteiger partial charge is 0.349 e. The number of ketones is 1. The molecule has 0 unspecified atom stereocenters. The van der Waals surface area contributed by atoms with Gasteiger partial charge >= 0.3 is 6.18 Å². The van der Waals surface area contributed by atoms with Gasteiger partial charge in [0.15, 0.2) is 5.78 Å². The molecule has 1 aliphatic heterocycles. The number of likely N-dealkylation sites (tertiary alicyclic amines) is 1. The van der Waals surface area contributed by atoms with E-state index in [0.717, 1.165) is 61.2 Å². The zero-order valence-corrected chi connectivity index (χ0v) is 24.2. The van der Waals surface area contributed by atoms with Gasteiger partial charge in [-0.05, 0) is 72.9 Å². The van der Waals surface area contributed by atoms with Crippen LogP contribution in [0.4, 0.5) is 13.2 Å². The second-order valence-corrected chi connectivity index (χ2v) is 12.0. The molecular formula is C32H34F3N3O3S. The first-order valence-electron chi connectivity index (χ1n) is 14.3. The van der Waals surface area contributed by atoms with Crippen LogP contribution in [0, 0.1) is 0 Å². The van der Waals surface area contributed by atoms with E-state index in [-0.39, 0.29) is 17.7 Å². The van der Waals surface area contributed by atoms with Crippen molar-refractivity contribution in [1.29, 1.82) is 0 Å². The lowest BCUT2D eigenvalue weighted by molar-refractivity contribution is -0.141. The topological polar surface area (TPSA) is 78.5 Å². The molecule has 222 valence electrons. The summed E-state index contributed by atoms with van der Waals surface area (Å²) in [5.74, 6) is -0.951. The highest BCUT2D eigenvalue weighted by molar-refractivity contribution is 7.12. The molecule has 2 aromatic carbocycles. The molecule has 10 heteroatoms. The van der Waals surface area contributed by atoms with Crippen LogP contribution in [0.25, 0.3) is 11.1 Å². The molecule has 1 saturated heterocycles. The van der Waals surface area contributed by atoms with Crippen LogP contribution in [-0.4, -0.2) is 60.9 Å². The van der Waals surface area contributed by atoms with E-state index in [0.29, 0.717) is 23.3 Å². The summed E-state index contributed by atoms with van der Waals surface area (Å²) in [6, 6.07) is 16.7. The third kappa shape index (κ3) is 6.15. The third-order valence-corrected chi connectivity index (χ3v) is 9.34. The Morgan fingerprint density at radius 2 is 1.57 bits per heavy atom. The van der Waals surface area contributed by atoms with E-state index >= 15 is 0 Å². The second kappa shape index (κ2) is 12.4. The number of carbonyl (C=O) groups is 3. The van der Waals surface area contributed by atoms with Crippen molar-refractivity contribution in [1.82, 2.24) is 15.5 Å². The Bertz CT molecular complexity index is 1410. The standard InChI is InChI=1S/C32H34F3N3O3S/c1-21(39)28-25(14-19-42-28)29(40)37-22-12-17-38(18-13-22)16-7-6-15-31(30(41)36-20-32(33,34)35)26-10-4-2-8-23(26)24-9-3-5-11-27(24)31/h2-5,8-11,14,19,22H,6-7,12-13,15-18,20H2,1H3,(H,36,41)(H,37,40). The van der Waals surface area contributed by atoms with Crippen molar-refractivity contribution >= 4 is 28.9 Å². The first kappa shape index (κ1) is 30.0. The van der Waals surface area contributed by atoms with Gasteiger partial charge < -0.3 is 15.5 Å².